The van der Waals surface area contributed by atoms with Crippen LogP contribution in [-0.2, 0) is 30.9 Å². The van der Waals surface area contributed by atoms with Gasteiger partial charge in [0.15, 0.2) is 0 Å². The summed E-state index contributed by atoms with van der Waals surface area (Å²) in [5.41, 5.74) is 0.836. The molecule has 0 bridgehead atoms. The number of nitrogens with two attached hydrogens (primary N) is 1. The summed E-state index contributed by atoms with van der Waals surface area (Å²) < 4.78 is 27.8. The number of anilines is 1. The highest BCUT2D eigenvalue weighted by Gasteiger charge is 2.36. The van der Waals surface area contributed by atoms with Gasteiger partial charge in [-0.3, -0.25) is 9.80 Å². The van der Waals surface area contributed by atoms with Crippen LogP contribution in [0.2, 0.25) is 0 Å². The third-order valence-electron chi connectivity index (χ3n) is 4.10. The van der Waals surface area contributed by atoms with Crippen LogP contribution in [0, 0.1) is 0 Å². The normalized spacial score (nSPS) is 16.4. The Balaban J connectivity index is 1.74. The second-order valence-electron chi connectivity index (χ2n) is 6.15. The van der Waals surface area contributed by atoms with E-state index in [9.17, 15) is 18.0 Å². The summed E-state index contributed by atoms with van der Waals surface area (Å²) in [5.74, 6) is -0.901. The summed E-state index contributed by atoms with van der Waals surface area (Å²) in [4.78, 5) is 25.5. The van der Waals surface area contributed by atoms with Crippen molar-refractivity contribution in [1.29, 1.82) is 0 Å². The fourth-order valence-corrected chi connectivity index (χ4v) is 4.49. The van der Waals surface area contributed by atoms with E-state index in [1.54, 1.807) is 25.1 Å². The maximum Gasteiger partial charge on any atom is 0.354 e. The topological polar surface area (TPSA) is 131 Å². The van der Waals surface area contributed by atoms with E-state index in [4.69, 9.17) is 9.88 Å². The van der Waals surface area contributed by atoms with Gasteiger partial charge in [-0.1, -0.05) is 18.2 Å². The number of nitrogens with zero attached hydrogens (tertiary/aromatic N) is 2. The van der Waals surface area contributed by atoms with Crippen LogP contribution in [0.5, 0.6) is 0 Å². The Morgan fingerprint density at radius 2 is 2.00 bits per heavy atom. The molecule has 0 saturated carbocycles. The average molecular weight is 437 g/mol. The Bertz CT molecular complexity index is 1030. The zero-order valence-electron chi connectivity index (χ0n) is 15.6. The molecule has 11 heteroatoms. The van der Waals surface area contributed by atoms with Gasteiger partial charge in [0.2, 0.25) is 15.9 Å². The van der Waals surface area contributed by atoms with E-state index in [2.05, 4.69) is 10.4 Å². The highest BCUT2D eigenvalue weighted by molar-refractivity contribution is 7.91. The number of carbonyl (C=O) groups is 2. The third kappa shape index (κ3) is 5.00. The summed E-state index contributed by atoms with van der Waals surface area (Å²) in [6, 6.07) is 11.3. The number of thiophene rings is 1. The molecule has 9 nitrogen and oxygen atoms in total. The standard InChI is InChI=1S/C18H20N4O5S2/c1-2-27-18(24)14-10-15(22(21-14)12-6-4-3-5-7-12)17(23)20-11-13-8-9-16(28-13)29(19,25)26/h3-9,15H,2,10-11H2,1H3,(H,20,23)(H2,19,25,26). The monoisotopic (exact) mass is 436 g/mol. The van der Waals surface area contributed by atoms with Crippen LogP contribution >= 0.6 is 11.3 Å². The molecule has 0 aliphatic carbocycles. The second kappa shape index (κ2) is 8.72. The summed E-state index contributed by atoms with van der Waals surface area (Å²) >= 11 is 0.990. The van der Waals surface area contributed by atoms with Crippen LogP contribution in [0.3, 0.4) is 0 Å². The van der Waals surface area contributed by atoms with Crippen LogP contribution in [0.1, 0.15) is 18.2 Å². The molecular formula is C18H20N4O5S2. The Hall–Kier alpha value is -2.76. The summed E-state index contributed by atoms with van der Waals surface area (Å²) in [6.07, 6.45) is 0.104. The number of rotatable bonds is 7. The minimum absolute atomic E-state index is 0.0291. The number of amides is 1. The van der Waals surface area contributed by atoms with Gasteiger partial charge in [0.25, 0.3) is 0 Å². The van der Waals surface area contributed by atoms with Crippen molar-refractivity contribution in [2.45, 2.75) is 30.1 Å². The molecule has 3 rings (SSSR count). The summed E-state index contributed by atoms with van der Waals surface area (Å²) in [7, 11) is -3.78. The number of hydrogen-bond donors (Lipinski definition) is 2. The lowest BCUT2D eigenvalue weighted by Crippen LogP contribution is -2.42. The molecule has 0 radical (unpaired) electrons. The Kier molecular flexibility index (Phi) is 6.30. The van der Waals surface area contributed by atoms with Crippen molar-refractivity contribution in [1.82, 2.24) is 5.32 Å². The first-order chi connectivity index (χ1) is 13.8. The zero-order valence-corrected chi connectivity index (χ0v) is 17.2. The van der Waals surface area contributed by atoms with Gasteiger partial charge in [0.05, 0.1) is 18.8 Å². The van der Waals surface area contributed by atoms with Crippen molar-refractivity contribution in [3.8, 4) is 0 Å². The minimum atomic E-state index is -3.78. The van der Waals surface area contributed by atoms with Crippen LogP contribution in [-0.4, -0.2) is 38.7 Å². The molecular weight excluding hydrogens is 416 g/mol. The number of hydrogen-bond acceptors (Lipinski definition) is 8. The van der Waals surface area contributed by atoms with Gasteiger partial charge in [0, 0.05) is 11.3 Å². The Morgan fingerprint density at radius 1 is 1.28 bits per heavy atom. The molecule has 154 valence electrons. The van der Waals surface area contributed by atoms with Gasteiger partial charge in [-0.15, -0.1) is 11.3 Å². The van der Waals surface area contributed by atoms with Crippen molar-refractivity contribution in [2.75, 3.05) is 11.6 Å². The third-order valence-corrected chi connectivity index (χ3v) is 6.62. The van der Waals surface area contributed by atoms with E-state index in [1.807, 2.05) is 18.2 Å². The first-order valence-corrected chi connectivity index (χ1v) is 11.1. The molecule has 1 atom stereocenters. The van der Waals surface area contributed by atoms with E-state index in [0.717, 1.165) is 11.3 Å². The molecule has 1 amide bonds. The van der Waals surface area contributed by atoms with Crippen molar-refractivity contribution in [2.24, 2.45) is 10.2 Å². The molecule has 1 aliphatic heterocycles. The maximum absolute atomic E-state index is 12.8. The van der Waals surface area contributed by atoms with Gasteiger partial charge in [0.1, 0.15) is 16.0 Å². The number of esters is 1. The SMILES string of the molecule is CCOC(=O)C1=NN(c2ccccc2)C(C(=O)NCc2ccc(S(N)(=O)=O)s2)C1. The van der Waals surface area contributed by atoms with Crippen LogP contribution in [0.15, 0.2) is 51.8 Å². The van der Waals surface area contributed by atoms with Crippen molar-refractivity contribution < 1.29 is 22.7 Å². The van der Waals surface area contributed by atoms with Gasteiger partial charge in [-0.05, 0) is 31.2 Å². The maximum atomic E-state index is 12.8. The van der Waals surface area contributed by atoms with Gasteiger partial charge >= 0.3 is 5.97 Å². The molecule has 2 heterocycles. The predicted molar refractivity (Wildman–Crippen MR) is 109 cm³/mol. The van der Waals surface area contributed by atoms with E-state index < -0.39 is 22.0 Å². The second-order valence-corrected chi connectivity index (χ2v) is 9.11. The van der Waals surface area contributed by atoms with Crippen LogP contribution < -0.4 is 15.5 Å². The van der Waals surface area contributed by atoms with Gasteiger partial charge in [-0.25, -0.2) is 18.4 Å². The Morgan fingerprint density at radius 3 is 2.62 bits per heavy atom. The number of carbonyl (C=O) groups excluding carboxylic acids is 2. The molecule has 0 saturated heterocycles. The lowest BCUT2D eigenvalue weighted by atomic mass is 10.1. The number of benzene rings is 1. The number of nitrogens with one attached hydrogen (secondary N) is 1. The first kappa shape index (κ1) is 21.0. The van der Waals surface area contributed by atoms with Crippen molar-refractivity contribution in [3.05, 3.63) is 47.3 Å². The van der Waals surface area contributed by atoms with Gasteiger partial charge < -0.3 is 10.1 Å². The molecule has 1 aromatic carbocycles. The summed E-state index contributed by atoms with van der Waals surface area (Å²) in [6.45, 7) is 2.04. The molecule has 3 N–H and O–H groups in total. The fraction of sp³-hybridized carbons (Fsp3) is 0.278. The molecule has 29 heavy (non-hydrogen) atoms. The summed E-state index contributed by atoms with van der Waals surface area (Å²) in [5, 5.41) is 13.7. The minimum Gasteiger partial charge on any atom is -0.461 e. The Labute approximate surface area is 172 Å². The van der Waals surface area contributed by atoms with Crippen LogP contribution in [0.4, 0.5) is 5.69 Å². The van der Waals surface area contributed by atoms with Crippen LogP contribution in [0.25, 0.3) is 0 Å². The smallest absolute Gasteiger partial charge is 0.354 e. The average Bonchev–Trinajstić information content (AvgIpc) is 3.34. The molecule has 1 aliphatic rings. The van der Waals surface area contributed by atoms with E-state index in [0.29, 0.717) is 10.6 Å². The number of sulfonamides is 1. The fourth-order valence-electron chi connectivity index (χ4n) is 2.77. The lowest BCUT2D eigenvalue weighted by molar-refractivity contribution is -0.135. The highest BCUT2D eigenvalue weighted by Crippen LogP contribution is 2.25. The number of hydrazone groups is 1. The first-order valence-electron chi connectivity index (χ1n) is 8.77. The molecule has 0 fully saturated rings. The van der Waals surface area contributed by atoms with E-state index in [-0.39, 0.29) is 35.4 Å². The van der Waals surface area contributed by atoms with Crippen molar-refractivity contribution >= 4 is 44.6 Å². The molecule has 2 aromatic rings. The lowest BCUT2D eigenvalue weighted by Gasteiger charge is -2.22. The molecule has 0 spiro atoms. The zero-order chi connectivity index (χ0) is 21.0. The predicted octanol–water partition coefficient (Wildman–Crippen LogP) is 1.21. The largest absolute Gasteiger partial charge is 0.461 e. The van der Waals surface area contributed by atoms with Gasteiger partial charge in [-0.2, -0.15) is 5.10 Å². The number of primary sulfonamides is 1. The highest BCUT2D eigenvalue weighted by atomic mass is 32.2. The number of ether oxygens (including phenoxy) is 1. The molecule has 1 aromatic heterocycles. The van der Waals surface area contributed by atoms with E-state index in [1.165, 1.54) is 11.1 Å². The quantitative estimate of drug-likeness (QED) is 0.627. The van der Waals surface area contributed by atoms with Crippen molar-refractivity contribution in [3.63, 3.8) is 0 Å². The number of para-hydroxylation sites is 1. The molecule has 1 unspecified atom stereocenters. The van der Waals surface area contributed by atoms with E-state index >= 15 is 0 Å².